The smallest absolute Gasteiger partial charge is 0.262 e. The van der Waals surface area contributed by atoms with E-state index < -0.39 is 0 Å². The lowest BCUT2D eigenvalue weighted by molar-refractivity contribution is 0.343. The molecule has 0 fully saturated rings. The number of hydrogen-bond acceptors (Lipinski definition) is 5. The van der Waals surface area contributed by atoms with Crippen LogP contribution in [0.15, 0.2) is 71.1 Å². The first-order valence-electron chi connectivity index (χ1n) is 8.55. The van der Waals surface area contributed by atoms with E-state index in [1.807, 2.05) is 42.5 Å². The number of allylic oxidation sites excluding steroid dienone is 1. The van der Waals surface area contributed by atoms with Crippen molar-refractivity contribution in [1.29, 1.82) is 5.26 Å². The maximum absolute atomic E-state index is 12.7. The third-order valence-corrected chi connectivity index (χ3v) is 4.87. The Labute approximate surface area is 161 Å². The standard InChI is InChI=1S/C21H19N3O2S/c1-2-13-24-20(25)18-5-3-4-6-19(18)23-21(24)27-15-14-26-17-9-7-16(8-10-17)11-12-22/h2-10H,1,11,13-15H2. The van der Waals surface area contributed by atoms with E-state index >= 15 is 0 Å². The molecule has 0 aliphatic rings. The number of hydrogen-bond donors (Lipinski definition) is 0. The molecule has 0 radical (unpaired) electrons. The van der Waals surface area contributed by atoms with Gasteiger partial charge in [-0.25, -0.2) is 4.98 Å². The zero-order valence-electron chi connectivity index (χ0n) is 14.8. The summed E-state index contributed by atoms with van der Waals surface area (Å²) in [6, 6.07) is 17.0. The van der Waals surface area contributed by atoms with Crippen molar-refractivity contribution in [3.63, 3.8) is 0 Å². The highest BCUT2D eigenvalue weighted by Gasteiger charge is 2.10. The fraction of sp³-hybridized carbons (Fsp3) is 0.190. The van der Waals surface area contributed by atoms with Gasteiger partial charge in [-0.2, -0.15) is 5.26 Å². The minimum Gasteiger partial charge on any atom is -0.493 e. The highest BCUT2D eigenvalue weighted by atomic mass is 32.2. The Morgan fingerprint density at radius 1 is 1.22 bits per heavy atom. The van der Waals surface area contributed by atoms with Crippen LogP contribution in [0.2, 0.25) is 0 Å². The molecule has 0 unspecified atom stereocenters. The van der Waals surface area contributed by atoms with Crippen molar-refractivity contribution >= 4 is 22.7 Å². The molecule has 1 heterocycles. The van der Waals surface area contributed by atoms with E-state index in [1.165, 1.54) is 11.8 Å². The monoisotopic (exact) mass is 377 g/mol. The van der Waals surface area contributed by atoms with Crippen LogP contribution in [-0.2, 0) is 13.0 Å². The third-order valence-electron chi connectivity index (χ3n) is 3.93. The summed E-state index contributed by atoms with van der Waals surface area (Å²) in [7, 11) is 0. The fourth-order valence-corrected chi connectivity index (χ4v) is 3.46. The molecule has 0 bridgehead atoms. The van der Waals surface area contributed by atoms with Crippen molar-refractivity contribution in [2.24, 2.45) is 0 Å². The van der Waals surface area contributed by atoms with Crippen LogP contribution in [0.4, 0.5) is 0 Å². The summed E-state index contributed by atoms with van der Waals surface area (Å²) in [6.45, 7) is 4.64. The van der Waals surface area contributed by atoms with Gasteiger partial charge in [-0.15, -0.1) is 6.58 Å². The summed E-state index contributed by atoms with van der Waals surface area (Å²) in [4.78, 5) is 17.3. The molecule has 3 aromatic rings. The Morgan fingerprint density at radius 3 is 2.74 bits per heavy atom. The number of thioether (sulfide) groups is 1. The quantitative estimate of drug-likeness (QED) is 0.258. The molecule has 0 amide bonds. The summed E-state index contributed by atoms with van der Waals surface area (Å²) in [5.74, 6) is 1.41. The van der Waals surface area contributed by atoms with Crippen molar-refractivity contribution in [3.8, 4) is 11.8 Å². The van der Waals surface area contributed by atoms with Crippen LogP contribution in [0.5, 0.6) is 5.75 Å². The van der Waals surface area contributed by atoms with Gasteiger partial charge in [-0.1, -0.05) is 42.1 Å². The van der Waals surface area contributed by atoms with Crippen LogP contribution in [0.3, 0.4) is 0 Å². The van der Waals surface area contributed by atoms with Gasteiger partial charge >= 0.3 is 0 Å². The SMILES string of the molecule is C=CCn1c(SCCOc2ccc(CC#N)cc2)nc2ccccc2c1=O. The van der Waals surface area contributed by atoms with Crippen LogP contribution < -0.4 is 10.3 Å². The molecule has 5 nitrogen and oxygen atoms in total. The van der Waals surface area contributed by atoms with E-state index in [2.05, 4.69) is 17.6 Å². The molecule has 0 N–H and O–H groups in total. The highest BCUT2D eigenvalue weighted by molar-refractivity contribution is 7.99. The van der Waals surface area contributed by atoms with E-state index in [0.29, 0.717) is 41.4 Å². The molecular formula is C21H19N3O2S. The lowest BCUT2D eigenvalue weighted by atomic mass is 10.2. The summed E-state index contributed by atoms with van der Waals surface area (Å²) < 4.78 is 7.37. The number of aromatic nitrogens is 2. The van der Waals surface area contributed by atoms with Crippen LogP contribution in [0.1, 0.15) is 5.56 Å². The van der Waals surface area contributed by atoms with Crippen molar-refractivity contribution in [1.82, 2.24) is 9.55 Å². The average Bonchev–Trinajstić information content (AvgIpc) is 2.69. The summed E-state index contributed by atoms with van der Waals surface area (Å²) in [5, 5.41) is 9.96. The van der Waals surface area contributed by atoms with Gasteiger partial charge in [0.1, 0.15) is 5.75 Å². The third kappa shape index (κ3) is 4.57. The van der Waals surface area contributed by atoms with Crippen LogP contribution in [-0.4, -0.2) is 21.9 Å². The number of nitriles is 1. The molecule has 0 aliphatic carbocycles. The summed E-state index contributed by atoms with van der Waals surface area (Å²) in [5.41, 5.74) is 1.60. The van der Waals surface area contributed by atoms with E-state index in [0.717, 1.165) is 11.3 Å². The zero-order chi connectivity index (χ0) is 19.1. The molecule has 1 aromatic heterocycles. The summed E-state index contributed by atoms with van der Waals surface area (Å²) >= 11 is 1.48. The summed E-state index contributed by atoms with van der Waals surface area (Å²) in [6.07, 6.45) is 2.09. The Bertz CT molecular complexity index is 1040. The number of para-hydroxylation sites is 1. The Hall–Kier alpha value is -3.04. The van der Waals surface area contributed by atoms with Crippen LogP contribution in [0, 0.1) is 11.3 Å². The first-order chi connectivity index (χ1) is 13.2. The zero-order valence-corrected chi connectivity index (χ0v) is 15.6. The lowest BCUT2D eigenvalue weighted by Crippen LogP contribution is -2.23. The van der Waals surface area contributed by atoms with E-state index in [-0.39, 0.29) is 5.56 Å². The second-order valence-electron chi connectivity index (χ2n) is 5.79. The Balaban J connectivity index is 1.67. The molecule has 6 heteroatoms. The maximum atomic E-state index is 12.7. The molecule has 0 spiro atoms. The molecule has 0 aliphatic heterocycles. The molecule has 0 saturated heterocycles. The second kappa shape index (κ2) is 9.06. The number of ether oxygens (including phenoxy) is 1. The van der Waals surface area contributed by atoms with Crippen molar-refractivity contribution < 1.29 is 4.74 Å². The van der Waals surface area contributed by atoms with Crippen molar-refractivity contribution in [3.05, 3.63) is 77.1 Å². The topological polar surface area (TPSA) is 67.9 Å². The molecule has 0 saturated carbocycles. The largest absolute Gasteiger partial charge is 0.493 e. The lowest BCUT2D eigenvalue weighted by Gasteiger charge is -2.12. The Kier molecular flexibility index (Phi) is 6.29. The minimum atomic E-state index is -0.0583. The first-order valence-corrected chi connectivity index (χ1v) is 9.53. The highest BCUT2D eigenvalue weighted by Crippen LogP contribution is 2.19. The number of rotatable bonds is 8. The molecule has 3 rings (SSSR count). The first kappa shape index (κ1) is 18.7. The predicted molar refractivity (Wildman–Crippen MR) is 108 cm³/mol. The van der Waals surface area contributed by atoms with Gasteiger partial charge in [-0.3, -0.25) is 9.36 Å². The molecule has 27 heavy (non-hydrogen) atoms. The van der Waals surface area contributed by atoms with Gasteiger partial charge in [0.05, 0.1) is 30.0 Å². The molecule has 0 atom stereocenters. The van der Waals surface area contributed by atoms with E-state index in [1.54, 1.807) is 16.7 Å². The van der Waals surface area contributed by atoms with Crippen molar-refractivity contribution in [2.45, 2.75) is 18.1 Å². The minimum absolute atomic E-state index is 0.0583. The maximum Gasteiger partial charge on any atom is 0.262 e. The van der Waals surface area contributed by atoms with Gasteiger partial charge in [0.2, 0.25) is 0 Å². The molecular weight excluding hydrogens is 358 g/mol. The van der Waals surface area contributed by atoms with Gasteiger partial charge in [0.15, 0.2) is 5.16 Å². The van der Waals surface area contributed by atoms with Gasteiger partial charge < -0.3 is 4.74 Å². The number of benzene rings is 2. The predicted octanol–water partition coefficient (Wildman–Crippen LogP) is 3.82. The van der Waals surface area contributed by atoms with Crippen LogP contribution in [0.25, 0.3) is 10.9 Å². The number of nitrogens with zero attached hydrogens (tertiary/aromatic N) is 3. The van der Waals surface area contributed by atoms with Crippen molar-refractivity contribution in [2.75, 3.05) is 12.4 Å². The number of fused-ring (bicyclic) bond motifs is 1. The van der Waals surface area contributed by atoms with Gasteiger partial charge in [-0.05, 0) is 29.8 Å². The fourth-order valence-electron chi connectivity index (χ4n) is 2.64. The Morgan fingerprint density at radius 2 is 2.00 bits per heavy atom. The van der Waals surface area contributed by atoms with Crippen LogP contribution >= 0.6 is 11.8 Å². The van der Waals surface area contributed by atoms with Gasteiger partial charge in [0, 0.05) is 12.3 Å². The normalized spacial score (nSPS) is 10.5. The average molecular weight is 377 g/mol. The molecule has 136 valence electrons. The van der Waals surface area contributed by atoms with E-state index in [9.17, 15) is 4.79 Å². The van der Waals surface area contributed by atoms with E-state index in [4.69, 9.17) is 10.00 Å². The second-order valence-corrected chi connectivity index (χ2v) is 6.85. The van der Waals surface area contributed by atoms with Gasteiger partial charge in [0.25, 0.3) is 5.56 Å². The molecule has 2 aromatic carbocycles.